The molecule has 0 aromatic heterocycles. The number of benzene rings is 4. The molecule has 0 N–H and O–H groups in total. The molecule has 0 bridgehead atoms. The fourth-order valence-electron chi connectivity index (χ4n) is 9.89. The van der Waals surface area contributed by atoms with Gasteiger partial charge in [-0.3, -0.25) is 0 Å². The van der Waals surface area contributed by atoms with Crippen molar-refractivity contribution in [1.82, 2.24) is 0 Å². The number of hydrogen-bond donors (Lipinski definition) is 0. The van der Waals surface area contributed by atoms with Crippen LogP contribution in [-0.4, -0.2) is 3.21 Å². The quantitative estimate of drug-likeness (QED) is 0.192. The minimum absolute atomic E-state index is 0. The molecule has 1 unspecified atom stereocenters. The molecule has 5 heteroatoms. The van der Waals surface area contributed by atoms with E-state index in [9.17, 15) is 0 Å². The molecular formula is C51H54Cl4Zr. The van der Waals surface area contributed by atoms with Gasteiger partial charge in [-0.25, -0.2) is 0 Å². The van der Waals surface area contributed by atoms with Crippen LogP contribution in [-0.2, 0) is 32.1 Å². The Bertz CT molecular complexity index is 2310. The van der Waals surface area contributed by atoms with E-state index in [-0.39, 0.29) is 50.1 Å². The Morgan fingerprint density at radius 1 is 0.625 bits per heavy atom. The Labute approximate surface area is 366 Å². The molecule has 4 aliphatic carbocycles. The molecule has 0 aliphatic heterocycles. The number of rotatable bonds is 4. The Hall–Kier alpha value is -2.25. The molecule has 0 heterocycles. The summed E-state index contributed by atoms with van der Waals surface area (Å²) in [5, 5.41) is 1.54. The van der Waals surface area contributed by atoms with Crippen molar-refractivity contribution in [2.45, 2.75) is 97.5 Å². The molecular weight excluding hydrogens is 846 g/mol. The maximum atomic E-state index is 6.88. The van der Waals surface area contributed by atoms with E-state index < -0.39 is 21.3 Å². The SMILES string of the molecule is CC1=CC(C)[C]([Zr+2](=[C](c2cccc(Cl)c2)c2cccc(Cl)c2)[CH]2c3cc4c(cc3-c3cc5c(cc32)C(C)(C)C=C5C(C)(C)C)C(C(C)(C)C)=CC4(C)C)=C1.[Cl-].[Cl-]. The average molecular weight is 900 g/mol. The number of allylic oxidation sites excluding steroid dienone is 8. The van der Waals surface area contributed by atoms with Crippen molar-refractivity contribution >= 4 is 37.6 Å². The van der Waals surface area contributed by atoms with Crippen molar-refractivity contribution in [3.05, 3.63) is 161 Å². The fraction of sp³-hybridized carbons (Fsp3) is 0.353. The van der Waals surface area contributed by atoms with E-state index in [4.69, 9.17) is 23.2 Å². The molecule has 0 saturated carbocycles. The van der Waals surface area contributed by atoms with Crippen LogP contribution in [0.15, 0.2) is 106 Å². The molecule has 0 nitrogen and oxygen atoms in total. The first-order valence-corrected chi connectivity index (χ1v) is 24.3. The first-order chi connectivity index (χ1) is 25.2. The Morgan fingerprint density at radius 3 is 1.41 bits per heavy atom. The number of fused-ring (bicyclic) bond motifs is 5. The van der Waals surface area contributed by atoms with Crippen molar-refractivity contribution in [1.29, 1.82) is 0 Å². The summed E-state index contributed by atoms with van der Waals surface area (Å²) in [6.45, 7) is 28.6. The third kappa shape index (κ3) is 7.23. The minimum Gasteiger partial charge on any atom is -1.00 e. The molecule has 1 atom stereocenters. The molecule has 0 spiro atoms. The van der Waals surface area contributed by atoms with Gasteiger partial charge < -0.3 is 24.8 Å². The van der Waals surface area contributed by atoms with E-state index in [0.29, 0.717) is 5.92 Å². The van der Waals surface area contributed by atoms with Crippen molar-refractivity contribution in [3.8, 4) is 11.1 Å². The van der Waals surface area contributed by atoms with Crippen molar-refractivity contribution < 1.29 is 46.1 Å². The van der Waals surface area contributed by atoms with Crippen LogP contribution in [0, 0.1) is 16.7 Å². The Kier molecular flexibility index (Phi) is 11.4. The van der Waals surface area contributed by atoms with Crippen LogP contribution >= 0.6 is 23.2 Å². The van der Waals surface area contributed by atoms with Gasteiger partial charge in [-0.05, 0) is 0 Å². The van der Waals surface area contributed by atoms with Crippen LogP contribution in [0.2, 0.25) is 10.0 Å². The number of halogens is 4. The van der Waals surface area contributed by atoms with Crippen LogP contribution in [0.4, 0.5) is 0 Å². The second-order valence-corrected chi connectivity index (χ2v) is 26.5. The van der Waals surface area contributed by atoms with Crippen LogP contribution in [0.3, 0.4) is 0 Å². The normalized spacial score (nSPS) is 18.6. The molecule has 4 aromatic carbocycles. The van der Waals surface area contributed by atoms with Crippen LogP contribution in [0.1, 0.15) is 131 Å². The fourth-order valence-corrected chi connectivity index (χ4v) is 19.9. The second kappa shape index (κ2) is 14.8. The van der Waals surface area contributed by atoms with Gasteiger partial charge in [-0.2, -0.15) is 0 Å². The third-order valence-electron chi connectivity index (χ3n) is 12.4. The third-order valence-corrected chi connectivity index (χ3v) is 21.5. The predicted octanol–water partition coefficient (Wildman–Crippen LogP) is 8.88. The first kappa shape index (κ1) is 43.3. The van der Waals surface area contributed by atoms with Gasteiger partial charge >= 0.3 is 345 Å². The first-order valence-electron chi connectivity index (χ1n) is 19.7. The second-order valence-electron chi connectivity index (χ2n) is 19.6. The van der Waals surface area contributed by atoms with Crippen molar-refractivity contribution in [2.75, 3.05) is 0 Å². The molecule has 4 aliphatic rings. The van der Waals surface area contributed by atoms with E-state index in [1.807, 2.05) is 12.1 Å². The summed E-state index contributed by atoms with van der Waals surface area (Å²) in [6, 6.07) is 27.8. The zero-order valence-electron chi connectivity index (χ0n) is 34.9. The van der Waals surface area contributed by atoms with E-state index >= 15 is 0 Å². The Morgan fingerprint density at radius 2 is 1.05 bits per heavy atom. The summed E-state index contributed by atoms with van der Waals surface area (Å²) in [4.78, 5) is 0. The van der Waals surface area contributed by atoms with Gasteiger partial charge in [0.1, 0.15) is 0 Å². The zero-order chi connectivity index (χ0) is 38.9. The van der Waals surface area contributed by atoms with Crippen LogP contribution in [0.5, 0.6) is 0 Å². The van der Waals surface area contributed by atoms with E-state index in [2.05, 4.69) is 168 Å². The monoisotopic (exact) mass is 896 g/mol. The smallest absolute Gasteiger partial charge is 1.00 e. The van der Waals surface area contributed by atoms with Crippen LogP contribution < -0.4 is 24.8 Å². The Balaban J connectivity index is 0.00000266. The molecule has 0 radical (unpaired) electrons. The van der Waals surface area contributed by atoms with Gasteiger partial charge in [-0.1, -0.05) is 0 Å². The molecule has 0 fully saturated rings. The standard InChI is InChI=1S/C31H37.C13H8Cl2.C7H9.2ClH.Zr/c1-28(2,3)26-16-30(7,8)24-12-18-11-19-13-25-23(15-21(19)20(18)14-22(24)26)27(29(4,5)6)17-31(25,9)10;14-12-5-1-3-10(8-12)7-11-4-2-6-13(15)9-11;1-6-3-4-7(2)5-6;;;/h11-17H,1-10H3;1-6,8-9H;3,5,7H,1-2H3;2*1H;/q;;;;;+2/p-2. The van der Waals surface area contributed by atoms with Gasteiger partial charge in [-0.15, -0.1) is 0 Å². The number of hydrogen-bond acceptors (Lipinski definition) is 0. The van der Waals surface area contributed by atoms with Gasteiger partial charge in [0, 0.05) is 0 Å². The van der Waals surface area contributed by atoms with Crippen molar-refractivity contribution in [2.24, 2.45) is 16.7 Å². The summed E-state index contributed by atoms with van der Waals surface area (Å²) in [6.07, 6.45) is 10.1. The zero-order valence-corrected chi connectivity index (χ0v) is 40.4. The summed E-state index contributed by atoms with van der Waals surface area (Å²) < 4.78 is 3.36. The molecule has 0 amide bonds. The maximum absolute atomic E-state index is 6.88. The van der Waals surface area contributed by atoms with Crippen LogP contribution in [0.25, 0.3) is 22.3 Å². The van der Waals surface area contributed by atoms with Gasteiger partial charge in [0.15, 0.2) is 0 Å². The molecule has 8 rings (SSSR count). The molecule has 4 aromatic rings. The largest absolute Gasteiger partial charge is 1.00 e. The minimum atomic E-state index is -3.10. The summed E-state index contributed by atoms with van der Waals surface area (Å²) in [5.41, 5.74) is 18.3. The summed E-state index contributed by atoms with van der Waals surface area (Å²) >= 11 is 10.7. The topological polar surface area (TPSA) is 0 Å². The van der Waals surface area contributed by atoms with Gasteiger partial charge in [0.05, 0.1) is 0 Å². The van der Waals surface area contributed by atoms with E-state index in [0.717, 1.165) is 10.0 Å². The van der Waals surface area contributed by atoms with Gasteiger partial charge in [0.2, 0.25) is 0 Å². The van der Waals surface area contributed by atoms with Gasteiger partial charge in [0.25, 0.3) is 0 Å². The van der Waals surface area contributed by atoms with E-state index in [1.165, 1.54) is 75.6 Å². The molecule has 0 saturated heterocycles. The predicted molar refractivity (Wildman–Crippen MR) is 232 cm³/mol. The summed E-state index contributed by atoms with van der Waals surface area (Å²) in [7, 11) is 0. The molecule has 290 valence electrons. The summed E-state index contributed by atoms with van der Waals surface area (Å²) in [5.74, 6) is 0.361. The van der Waals surface area contributed by atoms with Crippen molar-refractivity contribution in [3.63, 3.8) is 0 Å². The molecule has 56 heavy (non-hydrogen) atoms. The average Bonchev–Trinajstić information content (AvgIpc) is 3.74. The van der Waals surface area contributed by atoms with E-state index in [1.54, 1.807) is 3.28 Å². The maximum Gasteiger partial charge on any atom is -1.00 e.